The zero-order valence-electron chi connectivity index (χ0n) is 8.69. The highest BCUT2D eigenvalue weighted by molar-refractivity contribution is 5.98. The van der Waals surface area contributed by atoms with Gasteiger partial charge in [-0.05, 0) is 6.07 Å². The first-order valence-corrected chi connectivity index (χ1v) is 4.90. The third-order valence-electron chi connectivity index (χ3n) is 2.36. The topological polar surface area (TPSA) is 91.1 Å². The summed E-state index contributed by atoms with van der Waals surface area (Å²) in [6.07, 6.45) is 6.51. The van der Waals surface area contributed by atoms with Gasteiger partial charge >= 0.3 is 0 Å². The zero-order chi connectivity index (χ0) is 11.8. The summed E-state index contributed by atoms with van der Waals surface area (Å²) < 4.78 is 3.09. The molecular weight excluding hydrogens is 220 g/mol. The number of rotatable bonds is 2. The Morgan fingerprint density at radius 2 is 2.18 bits per heavy atom. The van der Waals surface area contributed by atoms with E-state index in [9.17, 15) is 4.79 Å². The second-order valence-corrected chi connectivity index (χ2v) is 3.43. The molecule has 0 atom stereocenters. The van der Waals surface area contributed by atoms with Crippen LogP contribution in [0.1, 0.15) is 10.4 Å². The molecule has 1 amide bonds. The second kappa shape index (κ2) is 3.41. The Kier molecular flexibility index (Phi) is 1.91. The molecule has 0 saturated carbocycles. The summed E-state index contributed by atoms with van der Waals surface area (Å²) in [4.78, 5) is 15.5. The van der Waals surface area contributed by atoms with Gasteiger partial charge in [0.15, 0.2) is 11.5 Å². The predicted molar refractivity (Wildman–Crippen MR) is 58.6 cm³/mol. The fraction of sp³-hybridized carbons (Fsp3) is 0. The maximum atomic E-state index is 11.2. The van der Waals surface area contributed by atoms with Crippen LogP contribution in [0.15, 0.2) is 36.9 Å². The van der Waals surface area contributed by atoms with E-state index in [4.69, 9.17) is 5.73 Å². The van der Waals surface area contributed by atoms with Gasteiger partial charge in [-0.15, -0.1) is 0 Å². The van der Waals surface area contributed by atoms with Crippen LogP contribution in [0, 0.1) is 0 Å². The molecule has 0 unspecified atom stereocenters. The van der Waals surface area contributed by atoms with Gasteiger partial charge in [-0.3, -0.25) is 4.79 Å². The third kappa shape index (κ3) is 1.44. The van der Waals surface area contributed by atoms with E-state index in [1.807, 2.05) is 0 Å². The van der Waals surface area contributed by atoms with Crippen LogP contribution in [0.5, 0.6) is 0 Å². The number of nitrogens with two attached hydrogens (primary N) is 1. The highest BCUT2D eigenvalue weighted by Crippen LogP contribution is 2.10. The molecule has 3 rings (SSSR count). The molecule has 0 bridgehead atoms. The van der Waals surface area contributed by atoms with Crippen molar-refractivity contribution >= 4 is 11.6 Å². The first kappa shape index (κ1) is 9.52. The number of hydrogen-bond donors (Lipinski definition) is 1. The van der Waals surface area contributed by atoms with Gasteiger partial charge in [0.2, 0.25) is 0 Å². The van der Waals surface area contributed by atoms with Gasteiger partial charge in [0.1, 0.15) is 5.56 Å². The highest BCUT2D eigenvalue weighted by atomic mass is 16.1. The number of carbonyl (C=O) groups excluding carboxylic acids is 1. The molecule has 3 heterocycles. The van der Waals surface area contributed by atoms with Crippen molar-refractivity contribution < 1.29 is 4.79 Å². The van der Waals surface area contributed by atoms with E-state index in [1.54, 1.807) is 35.4 Å². The van der Waals surface area contributed by atoms with Crippen molar-refractivity contribution in [1.82, 2.24) is 24.4 Å². The molecule has 7 nitrogen and oxygen atoms in total. The number of amides is 1. The zero-order valence-corrected chi connectivity index (χ0v) is 8.69. The number of hydrogen-bond acceptors (Lipinski definition) is 4. The van der Waals surface area contributed by atoms with Crippen LogP contribution in [0.25, 0.3) is 11.5 Å². The molecule has 17 heavy (non-hydrogen) atoms. The van der Waals surface area contributed by atoms with Crippen LogP contribution >= 0.6 is 0 Å². The van der Waals surface area contributed by atoms with Gasteiger partial charge in [0.05, 0.1) is 6.20 Å². The minimum Gasteiger partial charge on any atom is -0.365 e. The lowest BCUT2D eigenvalue weighted by Gasteiger charge is -2.01. The normalized spacial score (nSPS) is 10.8. The molecule has 3 aromatic rings. The van der Waals surface area contributed by atoms with Crippen LogP contribution < -0.4 is 5.73 Å². The van der Waals surface area contributed by atoms with E-state index in [0.29, 0.717) is 17.0 Å². The molecule has 0 aromatic carbocycles. The minimum absolute atomic E-state index is 0.291. The van der Waals surface area contributed by atoms with E-state index in [1.165, 1.54) is 10.7 Å². The van der Waals surface area contributed by atoms with Crippen molar-refractivity contribution in [1.29, 1.82) is 0 Å². The molecule has 0 aliphatic carbocycles. The standard InChI is InChI=1S/C10H8N6O/c11-9(17)7-6-13-16-5-2-8(14-10(7)16)15-4-1-3-12-15/h1-6H,(H2,11,17). The number of fused-ring (bicyclic) bond motifs is 1. The summed E-state index contributed by atoms with van der Waals surface area (Å²) in [5, 5.41) is 8.05. The molecule has 0 radical (unpaired) electrons. The molecule has 3 aromatic heterocycles. The van der Waals surface area contributed by atoms with Gasteiger partial charge < -0.3 is 5.73 Å². The second-order valence-electron chi connectivity index (χ2n) is 3.43. The predicted octanol–water partition coefficient (Wildman–Crippen LogP) is 0.0139. The fourth-order valence-electron chi connectivity index (χ4n) is 1.57. The number of nitrogens with zero attached hydrogens (tertiary/aromatic N) is 5. The maximum Gasteiger partial charge on any atom is 0.254 e. The average molecular weight is 228 g/mol. The molecule has 0 fully saturated rings. The van der Waals surface area contributed by atoms with E-state index in [0.717, 1.165) is 0 Å². The fourth-order valence-corrected chi connectivity index (χ4v) is 1.57. The summed E-state index contributed by atoms with van der Waals surface area (Å²) in [6.45, 7) is 0. The van der Waals surface area contributed by atoms with Gasteiger partial charge in [-0.1, -0.05) is 0 Å². The summed E-state index contributed by atoms with van der Waals surface area (Å²) in [7, 11) is 0. The van der Waals surface area contributed by atoms with Crippen molar-refractivity contribution in [3.63, 3.8) is 0 Å². The molecular formula is C10H8N6O. The Bertz CT molecular complexity index is 684. The Morgan fingerprint density at radius 1 is 1.29 bits per heavy atom. The van der Waals surface area contributed by atoms with Crippen molar-refractivity contribution in [3.8, 4) is 5.82 Å². The summed E-state index contributed by atoms with van der Waals surface area (Å²) in [5.74, 6) is 0.0515. The number of carbonyl (C=O) groups is 1. The molecule has 84 valence electrons. The Morgan fingerprint density at radius 3 is 2.88 bits per heavy atom. The molecule has 0 aliphatic rings. The summed E-state index contributed by atoms with van der Waals surface area (Å²) in [6, 6.07) is 3.54. The highest BCUT2D eigenvalue weighted by Gasteiger charge is 2.11. The van der Waals surface area contributed by atoms with E-state index < -0.39 is 5.91 Å². The van der Waals surface area contributed by atoms with Crippen LogP contribution in [-0.4, -0.2) is 30.3 Å². The molecule has 2 N–H and O–H groups in total. The van der Waals surface area contributed by atoms with E-state index in [-0.39, 0.29) is 0 Å². The summed E-state index contributed by atoms with van der Waals surface area (Å²) >= 11 is 0. The third-order valence-corrected chi connectivity index (χ3v) is 2.36. The maximum absolute atomic E-state index is 11.2. The van der Waals surface area contributed by atoms with Crippen LogP contribution in [0.3, 0.4) is 0 Å². The van der Waals surface area contributed by atoms with Crippen molar-refractivity contribution in [3.05, 3.63) is 42.5 Å². The molecule has 0 spiro atoms. The molecule has 0 saturated heterocycles. The van der Waals surface area contributed by atoms with Gasteiger partial charge in [-0.2, -0.15) is 10.2 Å². The van der Waals surface area contributed by atoms with Crippen LogP contribution in [0.2, 0.25) is 0 Å². The number of aromatic nitrogens is 5. The molecule has 7 heteroatoms. The largest absolute Gasteiger partial charge is 0.365 e. The van der Waals surface area contributed by atoms with Crippen LogP contribution in [0.4, 0.5) is 0 Å². The van der Waals surface area contributed by atoms with Crippen LogP contribution in [-0.2, 0) is 0 Å². The molecule has 0 aliphatic heterocycles. The number of primary amides is 1. The monoisotopic (exact) mass is 228 g/mol. The van der Waals surface area contributed by atoms with Crippen molar-refractivity contribution in [2.24, 2.45) is 5.73 Å². The van der Waals surface area contributed by atoms with Crippen molar-refractivity contribution in [2.75, 3.05) is 0 Å². The van der Waals surface area contributed by atoms with Crippen molar-refractivity contribution in [2.45, 2.75) is 0 Å². The lowest BCUT2D eigenvalue weighted by atomic mass is 10.3. The summed E-state index contributed by atoms with van der Waals surface area (Å²) in [5.41, 5.74) is 5.95. The van der Waals surface area contributed by atoms with Gasteiger partial charge in [-0.25, -0.2) is 14.2 Å². The Hall–Kier alpha value is -2.70. The Balaban J connectivity index is 2.24. The first-order valence-electron chi connectivity index (χ1n) is 4.90. The Labute approximate surface area is 95.5 Å². The SMILES string of the molecule is NC(=O)c1cnn2ccc(-n3cccn3)nc12. The average Bonchev–Trinajstić information content (AvgIpc) is 2.97. The lowest BCUT2D eigenvalue weighted by Crippen LogP contribution is -2.11. The quantitative estimate of drug-likeness (QED) is 0.669. The van der Waals surface area contributed by atoms with Gasteiger partial charge in [0.25, 0.3) is 5.91 Å². The lowest BCUT2D eigenvalue weighted by molar-refractivity contribution is 0.100. The van der Waals surface area contributed by atoms with E-state index in [2.05, 4.69) is 15.2 Å². The minimum atomic E-state index is -0.551. The van der Waals surface area contributed by atoms with Gasteiger partial charge in [0, 0.05) is 24.7 Å². The first-order chi connectivity index (χ1) is 8.25. The smallest absolute Gasteiger partial charge is 0.254 e. The van der Waals surface area contributed by atoms with E-state index >= 15 is 0 Å².